The number of nitrogen functional groups attached to an aromatic ring is 1. The minimum atomic E-state index is 0.0455. The Bertz CT molecular complexity index is 388. The number of rotatable bonds is 6. The molecule has 1 atom stereocenters. The van der Waals surface area contributed by atoms with Crippen LogP contribution in [0.1, 0.15) is 39.2 Å². The van der Waals surface area contributed by atoms with Crippen LogP contribution in [0.5, 0.6) is 0 Å². The molecule has 0 radical (unpaired) electrons. The van der Waals surface area contributed by atoms with Gasteiger partial charge in [0.25, 0.3) is 0 Å². The van der Waals surface area contributed by atoms with Crippen molar-refractivity contribution in [2.45, 2.75) is 46.1 Å². The van der Waals surface area contributed by atoms with Crippen LogP contribution in [0.15, 0.2) is 24.3 Å². The second-order valence-electron chi connectivity index (χ2n) is 5.32. The molecule has 1 amide bonds. The van der Waals surface area contributed by atoms with Crippen molar-refractivity contribution in [1.29, 1.82) is 0 Å². The molecule has 18 heavy (non-hydrogen) atoms. The van der Waals surface area contributed by atoms with E-state index in [1.807, 2.05) is 24.3 Å². The lowest BCUT2D eigenvalue weighted by Gasteiger charge is -2.15. The molecule has 3 N–H and O–H groups in total. The van der Waals surface area contributed by atoms with E-state index in [1.54, 1.807) is 0 Å². The third-order valence-corrected chi connectivity index (χ3v) is 2.99. The monoisotopic (exact) mass is 248 g/mol. The lowest BCUT2D eigenvalue weighted by Crippen LogP contribution is -2.34. The first-order valence-corrected chi connectivity index (χ1v) is 6.61. The maximum absolute atomic E-state index is 11.9. The number of nitrogens with one attached hydrogen (secondary N) is 1. The summed E-state index contributed by atoms with van der Waals surface area (Å²) in [6, 6.07) is 7.73. The van der Waals surface area contributed by atoms with Crippen LogP contribution >= 0.6 is 0 Å². The first-order chi connectivity index (χ1) is 8.49. The third-order valence-electron chi connectivity index (χ3n) is 2.99. The number of carbonyl (C=O) groups is 1. The molecular weight excluding hydrogens is 224 g/mol. The lowest BCUT2D eigenvalue weighted by atomic mass is 10.0. The van der Waals surface area contributed by atoms with Gasteiger partial charge in [-0.3, -0.25) is 4.79 Å². The number of amides is 1. The van der Waals surface area contributed by atoms with Gasteiger partial charge in [0, 0.05) is 11.7 Å². The minimum absolute atomic E-state index is 0.0455. The van der Waals surface area contributed by atoms with Crippen LogP contribution in [-0.4, -0.2) is 11.9 Å². The highest BCUT2D eigenvalue weighted by Gasteiger charge is 2.10. The summed E-state index contributed by atoms with van der Waals surface area (Å²) < 4.78 is 0. The number of anilines is 1. The third kappa shape index (κ3) is 5.21. The molecule has 0 saturated heterocycles. The smallest absolute Gasteiger partial charge is 0.224 e. The molecule has 0 bridgehead atoms. The molecule has 0 heterocycles. The topological polar surface area (TPSA) is 55.1 Å². The molecule has 3 heteroatoms. The maximum Gasteiger partial charge on any atom is 0.224 e. The first-order valence-electron chi connectivity index (χ1n) is 6.61. The zero-order chi connectivity index (χ0) is 13.5. The molecular formula is C15H24N2O. The zero-order valence-corrected chi connectivity index (χ0v) is 11.6. The van der Waals surface area contributed by atoms with Gasteiger partial charge in [-0.15, -0.1) is 0 Å². The van der Waals surface area contributed by atoms with Gasteiger partial charge < -0.3 is 11.1 Å². The van der Waals surface area contributed by atoms with Crippen molar-refractivity contribution in [3.63, 3.8) is 0 Å². The molecule has 0 aliphatic rings. The first kappa shape index (κ1) is 14.6. The Kier molecular flexibility index (Phi) is 5.69. The SMILES string of the molecule is CC(C)CCC(C)NC(=O)Cc1ccccc1N. The van der Waals surface area contributed by atoms with E-state index in [1.165, 1.54) is 0 Å². The Balaban J connectivity index is 2.40. The van der Waals surface area contributed by atoms with Gasteiger partial charge in [0.1, 0.15) is 0 Å². The van der Waals surface area contributed by atoms with E-state index in [9.17, 15) is 4.79 Å². The highest BCUT2D eigenvalue weighted by molar-refractivity contribution is 5.80. The lowest BCUT2D eigenvalue weighted by molar-refractivity contribution is -0.121. The van der Waals surface area contributed by atoms with Crippen molar-refractivity contribution in [2.24, 2.45) is 5.92 Å². The molecule has 0 aliphatic heterocycles. The predicted molar refractivity (Wildman–Crippen MR) is 76.2 cm³/mol. The fraction of sp³-hybridized carbons (Fsp3) is 0.533. The summed E-state index contributed by atoms with van der Waals surface area (Å²) >= 11 is 0. The molecule has 0 spiro atoms. The highest BCUT2D eigenvalue weighted by atomic mass is 16.1. The van der Waals surface area contributed by atoms with Crippen LogP contribution in [0.3, 0.4) is 0 Å². The highest BCUT2D eigenvalue weighted by Crippen LogP contribution is 2.11. The van der Waals surface area contributed by atoms with Gasteiger partial charge in [-0.25, -0.2) is 0 Å². The molecule has 1 aromatic carbocycles. The van der Waals surface area contributed by atoms with Gasteiger partial charge in [0.05, 0.1) is 6.42 Å². The molecule has 1 rings (SSSR count). The number of nitrogens with two attached hydrogens (primary N) is 1. The molecule has 100 valence electrons. The van der Waals surface area contributed by atoms with Crippen LogP contribution in [0, 0.1) is 5.92 Å². The number of hydrogen-bond acceptors (Lipinski definition) is 2. The van der Waals surface area contributed by atoms with Gasteiger partial charge >= 0.3 is 0 Å². The molecule has 1 aromatic rings. The Labute approximate surface area is 110 Å². The normalized spacial score (nSPS) is 12.4. The van der Waals surface area contributed by atoms with Crippen LogP contribution in [0.4, 0.5) is 5.69 Å². The van der Waals surface area contributed by atoms with E-state index in [-0.39, 0.29) is 11.9 Å². The molecule has 0 saturated carbocycles. The van der Waals surface area contributed by atoms with Crippen molar-refractivity contribution in [2.75, 3.05) is 5.73 Å². The number of hydrogen-bond donors (Lipinski definition) is 2. The van der Waals surface area contributed by atoms with Crippen molar-refractivity contribution in [3.8, 4) is 0 Å². The fourth-order valence-electron chi connectivity index (χ4n) is 1.85. The molecule has 3 nitrogen and oxygen atoms in total. The molecule has 0 aliphatic carbocycles. The Hall–Kier alpha value is -1.51. The van der Waals surface area contributed by atoms with Crippen molar-refractivity contribution >= 4 is 11.6 Å². The Morgan fingerprint density at radius 3 is 2.50 bits per heavy atom. The largest absolute Gasteiger partial charge is 0.398 e. The van der Waals surface area contributed by atoms with E-state index < -0.39 is 0 Å². The molecule has 0 fully saturated rings. The van der Waals surface area contributed by atoms with Crippen molar-refractivity contribution in [3.05, 3.63) is 29.8 Å². The number of carbonyl (C=O) groups excluding carboxylic acids is 1. The fourth-order valence-corrected chi connectivity index (χ4v) is 1.85. The summed E-state index contributed by atoms with van der Waals surface area (Å²) in [5.74, 6) is 0.721. The van der Waals surface area contributed by atoms with Gasteiger partial charge in [0.2, 0.25) is 5.91 Å². The molecule has 0 aromatic heterocycles. The Morgan fingerprint density at radius 2 is 1.89 bits per heavy atom. The minimum Gasteiger partial charge on any atom is -0.398 e. The standard InChI is InChI=1S/C15H24N2O/c1-11(2)8-9-12(3)17-15(18)10-13-6-4-5-7-14(13)16/h4-7,11-12H,8-10,16H2,1-3H3,(H,17,18). The van der Waals surface area contributed by atoms with E-state index in [4.69, 9.17) is 5.73 Å². The van der Waals surface area contributed by atoms with Crippen molar-refractivity contribution < 1.29 is 4.79 Å². The van der Waals surface area contributed by atoms with Crippen LogP contribution in [-0.2, 0) is 11.2 Å². The van der Waals surface area contributed by atoms with E-state index in [0.29, 0.717) is 18.0 Å². The van der Waals surface area contributed by atoms with E-state index in [0.717, 1.165) is 18.4 Å². The van der Waals surface area contributed by atoms with Gasteiger partial charge in [-0.05, 0) is 37.3 Å². The van der Waals surface area contributed by atoms with E-state index in [2.05, 4.69) is 26.1 Å². The van der Waals surface area contributed by atoms with Crippen LogP contribution < -0.4 is 11.1 Å². The summed E-state index contributed by atoms with van der Waals surface area (Å²) in [6.45, 7) is 6.44. The Morgan fingerprint density at radius 1 is 1.22 bits per heavy atom. The number of benzene rings is 1. The average Bonchev–Trinajstić information content (AvgIpc) is 2.29. The second kappa shape index (κ2) is 7.04. The summed E-state index contributed by atoms with van der Waals surface area (Å²) in [4.78, 5) is 11.9. The maximum atomic E-state index is 11.9. The summed E-state index contributed by atoms with van der Waals surface area (Å²) in [5, 5.41) is 3.02. The van der Waals surface area contributed by atoms with Gasteiger partial charge in [-0.2, -0.15) is 0 Å². The summed E-state index contributed by atoms with van der Waals surface area (Å²) in [6.07, 6.45) is 2.52. The quantitative estimate of drug-likeness (QED) is 0.761. The zero-order valence-electron chi connectivity index (χ0n) is 11.6. The van der Waals surface area contributed by atoms with E-state index >= 15 is 0 Å². The van der Waals surface area contributed by atoms with Crippen molar-refractivity contribution in [1.82, 2.24) is 5.32 Å². The molecule has 1 unspecified atom stereocenters. The van der Waals surface area contributed by atoms with Gasteiger partial charge in [-0.1, -0.05) is 32.0 Å². The summed E-state index contributed by atoms with van der Waals surface area (Å²) in [7, 11) is 0. The van der Waals surface area contributed by atoms with Crippen LogP contribution in [0.25, 0.3) is 0 Å². The van der Waals surface area contributed by atoms with Gasteiger partial charge in [0.15, 0.2) is 0 Å². The average molecular weight is 248 g/mol. The summed E-state index contributed by atoms with van der Waals surface area (Å²) in [5.41, 5.74) is 7.40. The second-order valence-corrected chi connectivity index (χ2v) is 5.32. The number of para-hydroxylation sites is 1. The van der Waals surface area contributed by atoms with Crippen LogP contribution in [0.2, 0.25) is 0 Å². The predicted octanol–water partition coefficient (Wildman–Crippen LogP) is 2.75.